The lowest BCUT2D eigenvalue weighted by molar-refractivity contribution is 0.671. The Bertz CT molecular complexity index is 551. The van der Waals surface area contributed by atoms with Crippen molar-refractivity contribution >= 4 is 34.5 Å². The van der Waals surface area contributed by atoms with Crippen molar-refractivity contribution < 1.29 is 0 Å². The SMILES string of the molecule is CCc1ccc(CC(N)Cc2ccc(Cl)c(Cl)c2)s1. The fourth-order valence-corrected chi connectivity index (χ4v) is 3.39. The molecule has 0 bridgehead atoms. The molecule has 4 heteroatoms. The van der Waals surface area contributed by atoms with E-state index in [4.69, 9.17) is 28.9 Å². The Hall–Kier alpha value is -0.540. The van der Waals surface area contributed by atoms with Gasteiger partial charge in [0.15, 0.2) is 0 Å². The van der Waals surface area contributed by atoms with Gasteiger partial charge in [-0.1, -0.05) is 36.2 Å². The van der Waals surface area contributed by atoms with Crippen molar-refractivity contribution in [3.05, 3.63) is 55.7 Å². The van der Waals surface area contributed by atoms with Gasteiger partial charge in [0.2, 0.25) is 0 Å². The smallest absolute Gasteiger partial charge is 0.0595 e. The topological polar surface area (TPSA) is 26.0 Å². The predicted octanol–water partition coefficient (Wildman–Crippen LogP) is 4.73. The highest BCUT2D eigenvalue weighted by atomic mass is 35.5. The van der Waals surface area contributed by atoms with Crippen molar-refractivity contribution in [1.29, 1.82) is 0 Å². The van der Waals surface area contributed by atoms with Gasteiger partial charge in [-0.05, 0) is 49.1 Å². The van der Waals surface area contributed by atoms with E-state index in [2.05, 4.69) is 19.1 Å². The summed E-state index contributed by atoms with van der Waals surface area (Å²) in [6.07, 6.45) is 2.81. The zero-order valence-electron chi connectivity index (χ0n) is 10.8. The van der Waals surface area contributed by atoms with Gasteiger partial charge in [0.05, 0.1) is 10.0 Å². The third kappa shape index (κ3) is 4.22. The van der Waals surface area contributed by atoms with Crippen LogP contribution in [0, 0.1) is 0 Å². The van der Waals surface area contributed by atoms with Crippen LogP contribution in [0.15, 0.2) is 30.3 Å². The number of rotatable bonds is 5. The summed E-state index contributed by atoms with van der Waals surface area (Å²) in [6, 6.07) is 10.2. The molecule has 2 N–H and O–H groups in total. The molecule has 1 aromatic carbocycles. The minimum atomic E-state index is 0.112. The van der Waals surface area contributed by atoms with E-state index in [9.17, 15) is 0 Å². The normalized spacial score (nSPS) is 12.6. The Labute approximate surface area is 128 Å². The van der Waals surface area contributed by atoms with E-state index >= 15 is 0 Å². The number of halogens is 2. The number of hydrogen-bond acceptors (Lipinski definition) is 2. The van der Waals surface area contributed by atoms with Gasteiger partial charge in [0.25, 0.3) is 0 Å². The van der Waals surface area contributed by atoms with E-state index in [1.807, 2.05) is 29.5 Å². The van der Waals surface area contributed by atoms with E-state index in [-0.39, 0.29) is 6.04 Å². The molecule has 0 amide bonds. The molecule has 0 saturated heterocycles. The van der Waals surface area contributed by atoms with E-state index in [0.29, 0.717) is 10.0 Å². The number of nitrogens with two attached hydrogens (primary N) is 1. The van der Waals surface area contributed by atoms with Crippen molar-refractivity contribution in [2.24, 2.45) is 5.73 Å². The third-order valence-electron chi connectivity index (χ3n) is 3.01. The molecule has 19 heavy (non-hydrogen) atoms. The minimum Gasteiger partial charge on any atom is -0.327 e. The first-order valence-corrected chi connectivity index (χ1v) is 7.92. The summed E-state index contributed by atoms with van der Waals surface area (Å²) in [5, 5.41) is 1.18. The second kappa shape index (κ2) is 6.76. The average Bonchev–Trinajstić information content (AvgIpc) is 2.81. The molecular formula is C15H17Cl2NS. The summed E-state index contributed by atoms with van der Waals surface area (Å²) in [4.78, 5) is 2.76. The summed E-state index contributed by atoms with van der Waals surface area (Å²) >= 11 is 13.8. The quantitative estimate of drug-likeness (QED) is 0.848. The summed E-state index contributed by atoms with van der Waals surface area (Å²) in [6.45, 7) is 2.17. The van der Waals surface area contributed by atoms with Gasteiger partial charge >= 0.3 is 0 Å². The monoisotopic (exact) mass is 313 g/mol. The third-order valence-corrected chi connectivity index (χ3v) is 5.00. The molecule has 0 fully saturated rings. The summed E-state index contributed by atoms with van der Waals surface area (Å²) in [5.74, 6) is 0. The van der Waals surface area contributed by atoms with E-state index in [1.165, 1.54) is 9.75 Å². The molecule has 1 atom stereocenters. The molecule has 0 aliphatic heterocycles. The molecule has 0 aliphatic rings. The lowest BCUT2D eigenvalue weighted by Crippen LogP contribution is -2.25. The summed E-state index contributed by atoms with van der Waals surface area (Å²) in [7, 11) is 0. The van der Waals surface area contributed by atoms with E-state index < -0.39 is 0 Å². The van der Waals surface area contributed by atoms with Gasteiger partial charge in [-0.3, -0.25) is 0 Å². The van der Waals surface area contributed by atoms with Gasteiger partial charge in [-0.25, -0.2) is 0 Å². The number of aryl methyl sites for hydroxylation is 1. The van der Waals surface area contributed by atoms with Crippen LogP contribution in [-0.4, -0.2) is 6.04 Å². The molecule has 1 unspecified atom stereocenters. The molecule has 0 aliphatic carbocycles. The second-order valence-electron chi connectivity index (χ2n) is 4.64. The Morgan fingerprint density at radius 2 is 1.79 bits per heavy atom. The molecule has 0 spiro atoms. The molecule has 1 nitrogen and oxygen atoms in total. The largest absolute Gasteiger partial charge is 0.327 e. The Kier molecular flexibility index (Phi) is 5.28. The lowest BCUT2D eigenvalue weighted by atomic mass is 10.0. The fraction of sp³-hybridized carbons (Fsp3) is 0.333. The standard InChI is InChI=1S/C15H17Cl2NS/c1-2-12-4-5-13(19-12)9-11(18)7-10-3-6-14(16)15(17)8-10/h3-6,8,11H,2,7,9,18H2,1H3. The lowest BCUT2D eigenvalue weighted by Gasteiger charge is -2.11. The summed E-state index contributed by atoms with van der Waals surface area (Å²) < 4.78 is 0. The maximum Gasteiger partial charge on any atom is 0.0595 e. The zero-order chi connectivity index (χ0) is 13.8. The molecule has 102 valence electrons. The van der Waals surface area contributed by atoms with Crippen molar-refractivity contribution in [3.8, 4) is 0 Å². The van der Waals surface area contributed by atoms with Crippen LogP contribution < -0.4 is 5.73 Å². The highest BCUT2D eigenvalue weighted by molar-refractivity contribution is 7.11. The highest BCUT2D eigenvalue weighted by Gasteiger charge is 2.09. The predicted molar refractivity (Wildman–Crippen MR) is 85.5 cm³/mol. The van der Waals surface area contributed by atoms with Gasteiger partial charge in [0, 0.05) is 15.8 Å². The molecule has 0 radical (unpaired) electrons. The number of hydrogen-bond donors (Lipinski definition) is 1. The second-order valence-corrected chi connectivity index (χ2v) is 6.71. The van der Waals surface area contributed by atoms with Crippen LogP contribution in [0.3, 0.4) is 0 Å². The Morgan fingerprint density at radius 3 is 2.42 bits per heavy atom. The van der Waals surface area contributed by atoms with Crippen LogP contribution in [0.25, 0.3) is 0 Å². The average molecular weight is 314 g/mol. The van der Waals surface area contributed by atoms with Crippen molar-refractivity contribution in [3.63, 3.8) is 0 Å². The molecule has 1 aromatic heterocycles. The van der Waals surface area contributed by atoms with Crippen LogP contribution in [0.1, 0.15) is 22.2 Å². The number of thiophene rings is 1. The van der Waals surface area contributed by atoms with Crippen LogP contribution in [0.4, 0.5) is 0 Å². The van der Waals surface area contributed by atoms with Gasteiger partial charge in [0.1, 0.15) is 0 Å². The highest BCUT2D eigenvalue weighted by Crippen LogP contribution is 2.24. The molecule has 0 saturated carbocycles. The maximum atomic E-state index is 6.21. The van der Waals surface area contributed by atoms with E-state index in [1.54, 1.807) is 0 Å². The van der Waals surface area contributed by atoms with Crippen LogP contribution in [0.2, 0.25) is 10.0 Å². The van der Waals surface area contributed by atoms with Gasteiger partial charge in [-0.2, -0.15) is 0 Å². The van der Waals surface area contributed by atoms with Crippen LogP contribution in [0.5, 0.6) is 0 Å². The Morgan fingerprint density at radius 1 is 1.05 bits per heavy atom. The zero-order valence-corrected chi connectivity index (χ0v) is 13.2. The van der Waals surface area contributed by atoms with Gasteiger partial charge in [-0.15, -0.1) is 11.3 Å². The molecule has 2 aromatic rings. The first-order valence-electron chi connectivity index (χ1n) is 6.35. The Balaban J connectivity index is 1.96. The first-order chi connectivity index (χ1) is 9.08. The van der Waals surface area contributed by atoms with Crippen molar-refractivity contribution in [2.75, 3.05) is 0 Å². The van der Waals surface area contributed by atoms with Crippen LogP contribution >= 0.6 is 34.5 Å². The fourth-order valence-electron chi connectivity index (χ4n) is 2.02. The summed E-state index contributed by atoms with van der Waals surface area (Å²) in [5.41, 5.74) is 7.34. The van der Waals surface area contributed by atoms with Gasteiger partial charge < -0.3 is 5.73 Å². The molecular weight excluding hydrogens is 297 g/mol. The number of benzene rings is 1. The molecule has 1 heterocycles. The first kappa shape index (κ1) is 14.9. The molecule has 2 rings (SSSR count). The van der Waals surface area contributed by atoms with Crippen molar-refractivity contribution in [2.45, 2.75) is 32.2 Å². The maximum absolute atomic E-state index is 6.21. The van der Waals surface area contributed by atoms with E-state index in [0.717, 1.165) is 24.8 Å². The van der Waals surface area contributed by atoms with Crippen molar-refractivity contribution in [1.82, 2.24) is 0 Å². The minimum absolute atomic E-state index is 0.112. The van der Waals surface area contributed by atoms with Crippen LogP contribution in [-0.2, 0) is 19.3 Å².